The molecule has 5 heteroatoms. The van der Waals surface area contributed by atoms with E-state index in [4.69, 9.17) is 5.73 Å². The first-order chi connectivity index (χ1) is 9.88. The molecule has 0 aliphatic heterocycles. The Morgan fingerprint density at radius 2 is 1.86 bits per heavy atom. The van der Waals surface area contributed by atoms with Gasteiger partial charge in [0.2, 0.25) is 0 Å². The molecule has 2 aromatic rings. The van der Waals surface area contributed by atoms with Crippen molar-refractivity contribution in [1.29, 1.82) is 0 Å². The summed E-state index contributed by atoms with van der Waals surface area (Å²) in [5.74, 6) is 0.435. The number of nitrogens with two attached hydrogens (primary N) is 1. The zero-order chi connectivity index (χ0) is 15.2. The highest BCUT2D eigenvalue weighted by Gasteiger charge is 2.38. The second-order valence-electron chi connectivity index (χ2n) is 6.73. The van der Waals surface area contributed by atoms with Gasteiger partial charge in [0, 0.05) is 6.04 Å². The highest BCUT2D eigenvalue weighted by molar-refractivity contribution is 5.74. The van der Waals surface area contributed by atoms with Gasteiger partial charge in [0.15, 0.2) is 0 Å². The highest BCUT2D eigenvalue weighted by Crippen LogP contribution is 2.47. The van der Waals surface area contributed by atoms with Gasteiger partial charge in [-0.25, -0.2) is 0 Å². The number of nitrogens with one attached hydrogen (secondary N) is 2. The third kappa shape index (κ3) is 2.42. The van der Waals surface area contributed by atoms with Crippen LogP contribution in [0.25, 0.3) is 11.0 Å². The van der Waals surface area contributed by atoms with Crippen molar-refractivity contribution in [2.75, 3.05) is 0 Å². The zero-order valence-electron chi connectivity index (χ0n) is 12.4. The van der Waals surface area contributed by atoms with Crippen LogP contribution in [0.4, 0.5) is 0 Å². The Hall–Kier alpha value is -1.88. The lowest BCUT2D eigenvalue weighted by Gasteiger charge is -2.32. The molecule has 0 saturated heterocycles. The Kier molecular flexibility index (Phi) is 3.24. The quantitative estimate of drug-likeness (QED) is 0.738. The van der Waals surface area contributed by atoms with Crippen LogP contribution in [-0.2, 0) is 0 Å². The molecule has 1 aliphatic carbocycles. The first kappa shape index (κ1) is 14.1. The Balaban J connectivity index is 2.03. The van der Waals surface area contributed by atoms with Crippen molar-refractivity contribution in [3.8, 4) is 0 Å². The van der Waals surface area contributed by atoms with Crippen LogP contribution in [0.3, 0.4) is 0 Å². The Morgan fingerprint density at radius 3 is 2.48 bits per heavy atom. The van der Waals surface area contributed by atoms with Gasteiger partial charge in [0.1, 0.15) is 0 Å². The molecule has 0 spiro atoms. The van der Waals surface area contributed by atoms with Gasteiger partial charge in [-0.1, -0.05) is 26.3 Å². The molecule has 21 heavy (non-hydrogen) atoms. The average molecular weight is 287 g/mol. The van der Waals surface area contributed by atoms with Crippen molar-refractivity contribution in [3.63, 3.8) is 0 Å². The smallest absolute Gasteiger partial charge is 0.314 e. The van der Waals surface area contributed by atoms with Gasteiger partial charge in [0.05, 0.1) is 11.0 Å². The molecule has 1 fully saturated rings. The average Bonchev–Trinajstić information content (AvgIpc) is 2.78. The molecule has 1 aliphatic rings. The first-order valence-corrected chi connectivity index (χ1v) is 7.40. The second kappa shape index (κ2) is 4.84. The molecular weight excluding hydrogens is 266 g/mol. The number of aromatic nitrogens is 2. The van der Waals surface area contributed by atoms with Crippen LogP contribution in [0, 0.1) is 11.3 Å². The van der Waals surface area contributed by atoms with E-state index < -0.39 is 11.1 Å². The van der Waals surface area contributed by atoms with E-state index in [2.05, 4.69) is 23.8 Å². The van der Waals surface area contributed by atoms with Crippen molar-refractivity contribution >= 4 is 11.0 Å². The zero-order valence-corrected chi connectivity index (χ0v) is 12.4. The van der Waals surface area contributed by atoms with Crippen LogP contribution < -0.4 is 16.9 Å². The Bertz CT molecular complexity index is 788. The van der Waals surface area contributed by atoms with Gasteiger partial charge >= 0.3 is 11.1 Å². The van der Waals surface area contributed by atoms with E-state index in [1.807, 2.05) is 18.2 Å². The number of benzene rings is 1. The van der Waals surface area contributed by atoms with E-state index in [0.717, 1.165) is 12.0 Å². The summed E-state index contributed by atoms with van der Waals surface area (Å²) in [5, 5.41) is 0. The maximum atomic E-state index is 11.4. The fourth-order valence-corrected chi connectivity index (χ4v) is 3.59. The number of aromatic amines is 2. The number of fused-ring (bicyclic) bond motifs is 1. The van der Waals surface area contributed by atoms with Crippen LogP contribution in [0.15, 0.2) is 27.8 Å². The minimum absolute atomic E-state index is 0.0534. The molecule has 0 amide bonds. The lowest BCUT2D eigenvalue weighted by Crippen LogP contribution is -2.30. The molecule has 2 atom stereocenters. The van der Waals surface area contributed by atoms with Gasteiger partial charge < -0.3 is 15.7 Å². The number of hydrogen-bond donors (Lipinski definition) is 3. The molecule has 5 nitrogen and oxygen atoms in total. The monoisotopic (exact) mass is 287 g/mol. The molecule has 1 aromatic heterocycles. The van der Waals surface area contributed by atoms with E-state index in [1.54, 1.807) is 0 Å². The molecule has 3 rings (SSSR count). The van der Waals surface area contributed by atoms with E-state index in [1.165, 1.54) is 12.8 Å². The molecule has 0 bridgehead atoms. The summed E-state index contributed by atoms with van der Waals surface area (Å²) < 4.78 is 0. The van der Waals surface area contributed by atoms with Gasteiger partial charge in [-0.05, 0) is 41.9 Å². The summed E-state index contributed by atoms with van der Waals surface area (Å²) in [6.45, 7) is 4.54. The van der Waals surface area contributed by atoms with E-state index >= 15 is 0 Å². The third-order valence-corrected chi connectivity index (χ3v) is 4.90. The van der Waals surface area contributed by atoms with Crippen LogP contribution in [0.2, 0.25) is 0 Å². The topological polar surface area (TPSA) is 91.7 Å². The summed E-state index contributed by atoms with van der Waals surface area (Å²) in [6, 6.07) is 5.58. The fraction of sp³-hybridized carbons (Fsp3) is 0.500. The van der Waals surface area contributed by atoms with E-state index in [9.17, 15) is 9.59 Å². The van der Waals surface area contributed by atoms with Crippen LogP contribution in [0.1, 0.15) is 44.7 Å². The molecule has 0 radical (unpaired) electrons. The van der Waals surface area contributed by atoms with Gasteiger partial charge in [-0.2, -0.15) is 0 Å². The third-order valence-electron chi connectivity index (χ3n) is 4.90. The minimum Gasteiger partial charge on any atom is -0.324 e. The number of H-pyrrole nitrogens is 2. The van der Waals surface area contributed by atoms with E-state index in [0.29, 0.717) is 17.0 Å². The highest BCUT2D eigenvalue weighted by atomic mass is 16.2. The molecule has 1 saturated carbocycles. The van der Waals surface area contributed by atoms with Gasteiger partial charge in [0.25, 0.3) is 0 Å². The van der Waals surface area contributed by atoms with Gasteiger partial charge in [-0.3, -0.25) is 9.59 Å². The molecular formula is C16H21N3O2. The maximum Gasteiger partial charge on any atom is 0.314 e. The van der Waals surface area contributed by atoms with Crippen molar-refractivity contribution in [2.24, 2.45) is 17.1 Å². The molecule has 1 heterocycles. The van der Waals surface area contributed by atoms with Crippen molar-refractivity contribution < 1.29 is 0 Å². The predicted molar refractivity (Wildman–Crippen MR) is 83.2 cm³/mol. The molecule has 4 N–H and O–H groups in total. The summed E-state index contributed by atoms with van der Waals surface area (Å²) >= 11 is 0. The lowest BCUT2D eigenvalue weighted by molar-refractivity contribution is 0.222. The summed E-state index contributed by atoms with van der Waals surface area (Å²) in [6.07, 6.45) is 3.54. The standard InChI is InChI=1S/C16H21N3O2/c1-16(2)7-3-4-10(16)13(17)9-5-6-11-12(8-9)19-15(21)14(20)18-11/h5-6,8,10,13H,3-4,7,17H2,1-2H3,(H,18,20)(H,19,21). The molecule has 2 unspecified atom stereocenters. The fourth-order valence-electron chi connectivity index (χ4n) is 3.59. The maximum absolute atomic E-state index is 11.4. The molecule has 1 aromatic carbocycles. The SMILES string of the molecule is CC1(C)CCCC1C(N)c1ccc2[nH]c(=O)c(=O)[nH]c2c1. The summed E-state index contributed by atoms with van der Waals surface area (Å²) in [4.78, 5) is 27.9. The Labute approximate surface area is 122 Å². The Morgan fingerprint density at radius 1 is 1.19 bits per heavy atom. The largest absolute Gasteiger partial charge is 0.324 e. The van der Waals surface area contributed by atoms with Gasteiger partial charge in [-0.15, -0.1) is 0 Å². The van der Waals surface area contributed by atoms with Crippen LogP contribution >= 0.6 is 0 Å². The predicted octanol–water partition coefficient (Wildman–Crippen LogP) is 2.04. The second-order valence-corrected chi connectivity index (χ2v) is 6.73. The van der Waals surface area contributed by atoms with Crippen molar-refractivity contribution in [1.82, 2.24) is 9.97 Å². The normalized spacial score (nSPS) is 22.5. The van der Waals surface area contributed by atoms with E-state index in [-0.39, 0.29) is 11.5 Å². The first-order valence-electron chi connectivity index (χ1n) is 7.40. The number of hydrogen-bond acceptors (Lipinski definition) is 3. The lowest BCUT2D eigenvalue weighted by atomic mass is 9.76. The van der Waals surface area contributed by atoms with Crippen molar-refractivity contribution in [2.45, 2.75) is 39.2 Å². The number of rotatable bonds is 2. The summed E-state index contributed by atoms with van der Waals surface area (Å²) in [5.41, 5.74) is 7.71. The van der Waals surface area contributed by atoms with Crippen molar-refractivity contribution in [3.05, 3.63) is 44.5 Å². The van der Waals surface area contributed by atoms with Crippen LogP contribution in [0.5, 0.6) is 0 Å². The molecule has 112 valence electrons. The summed E-state index contributed by atoms with van der Waals surface area (Å²) in [7, 11) is 0. The van der Waals surface area contributed by atoms with Crippen LogP contribution in [-0.4, -0.2) is 9.97 Å². The minimum atomic E-state index is -0.630.